The average Bonchev–Trinajstić information content (AvgIpc) is 2.97. The minimum atomic E-state index is -0.171. The van der Waals surface area contributed by atoms with Crippen LogP contribution in [0.2, 0.25) is 0 Å². The van der Waals surface area contributed by atoms with Gasteiger partial charge in [0.15, 0.2) is 0 Å². The van der Waals surface area contributed by atoms with Crippen LogP contribution in [0.25, 0.3) is 16.0 Å². The van der Waals surface area contributed by atoms with Crippen LogP contribution in [0.1, 0.15) is 11.8 Å². The van der Waals surface area contributed by atoms with Gasteiger partial charge < -0.3 is 0 Å². The molecular weight excluding hydrogens is 238 g/mol. The van der Waals surface area contributed by atoms with Gasteiger partial charge in [0.2, 0.25) is 5.95 Å². The number of aryl methyl sites for hydroxylation is 1. The molecule has 0 atom stereocenters. The standard InChI is InChI=1S/C10H9N5OS/c1-2-6-3-7-8(17-6)4-13-15(9(7)16)10-11-5-12-14-10/h3-5H,2H2,1H3,(H,11,12,14). The van der Waals surface area contributed by atoms with Crippen LogP contribution in [0, 0.1) is 0 Å². The normalized spacial score (nSPS) is 11.1. The maximum atomic E-state index is 12.2. The highest BCUT2D eigenvalue weighted by Gasteiger charge is 2.10. The molecule has 0 radical (unpaired) electrons. The largest absolute Gasteiger partial charge is 0.282 e. The van der Waals surface area contributed by atoms with Crippen molar-refractivity contribution in [2.45, 2.75) is 13.3 Å². The van der Waals surface area contributed by atoms with Crippen molar-refractivity contribution < 1.29 is 0 Å². The van der Waals surface area contributed by atoms with Gasteiger partial charge in [0.25, 0.3) is 5.56 Å². The molecule has 0 bridgehead atoms. The molecule has 0 saturated heterocycles. The van der Waals surface area contributed by atoms with Gasteiger partial charge in [-0.2, -0.15) is 19.9 Å². The van der Waals surface area contributed by atoms with Crippen molar-refractivity contribution in [3.8, 4) is 5.95 Å². The number of fused-ring (bicyclic) bond motifs is 1. The maximum Gasteiger partial charge on any atom is 0.282 e. The first-order chi connectivity index (χ1) is 8.29. The van der Waals surface area contributed by atoms with E-state index in [1.54, 1.807) is 17.5 Å². The van der Waals surface area contributed by atoms with Crippen molar-refractivity contribution in [3.63, 3.8) is 0 Å². The van der Waals surface area contributed by atoms with Gasteiger partial charge in [-0.25, -0.2) is 5.10 Å². The fourth-order valence-electron chi connectivity index (χ4n) is 1.62. The van der Waals surface area contributed by atoms with E-state index in [0.29, 0.717) is 11.3 Å². The lowest BCUT2D eigenvalue weighted by molar-refractivity contribution is 0.768. The second kappa shape index (κ2) is 3.77. The summed E-state index contributed by atoms with van der Waals surface area (Å²) in [4.78, 5) is 17.3. The van der Waals surface area contributed by atoms with Crippen molar-refractivity contribution in [1.82, 2.24) is 25.0 Å². The molecule has 3 aromatic rings. The second-order valence-corrected chi connectivity index (χ2v) is 4.68. The Morgan fingerprint density at radius 3 is 3.12 bits per heavy atom. The molecule has 17 heavy (non-hydrogen) atoms. The van der Waals surface area contributed by atoms with Crippen molar-refractivity contribution in [3.05, 3.63) is 33.8 Å². The summed E-state index contributed by atoms with van der Waals surface area (Å²) in [5.74, 6) is 0.334. The van der Waals surface area contributed by atoms with Crippen LogP contribution in [-0.4, -0.2) is 25.0 Å². The van der Waals surface area contributed by atoms with E-state index in [-0.39, 0.29) is 5.56 Å². The summed E-state index contributed by atoms with van der Waals surface area (Å²) in [5, 5.41) is 11.1. The smallest absolute Gasteiger partial charge is 0.267 e. The molecule has 0 saturated carbocycles. The Balaban J connectivity index is 2.29. The number of aromatic nitrogens is 5. The van der Waals surface area contributed by atoms with E-state index in [4.69, 9.17) is 0 Å². The Kier molecular flexibility index (Phi) is 2.25. The predicted molar refractivity (Wildman–Crippen MR) is 64.5 cm³/mol. The first kappa shape index (κ1) is 10.2. The third-order valence-electron chi connectivity index (χ3n) is 2.48. The van der Waals surface area contributed by atoms with E-state index in [9.17, 15) is 4.79 Å². The fraction of sp³-hybridized carbons (Fsp3) is 0.200. The van der Waals surface area contributed by atoms with Crippen molar-refractivity contribution >= 4 is 21.4 Å². The van der Waals surface area contributed by atoms with Crippen LogP contribution in [-0.2, 0) is 6.42 Å². The van der Waals surface area contributed by atoms with Gasteiger partial charge in [0, 0.05) is 4.88 Å². The van der Waals surface area contributed by atoms with Crippen LogP contribution in [0.3, 0.4) is 0 Å². The molecule has 7 heteroatoms. The highest BCUT2D eigenvalue weighted by atomic mass is 32.1. The van der Waals surface area contributed by atoms with Crippen LogP contribution in [0.5, 0.6) is 0 Å². The molecule has 0 spiro atoms. The second-order valence-electron chi connectivity index (χ2n) is 3.51. The minimum absolute atomic E-state index is 0.171. The monoisotopic (exact) mass is 247 g/mol. The molecule has 0 aliphatic rings. The number of rotatable bonds is 2. The Labute approximate surface area is 99.9 Å². The molecule has 0 fully saturated rings. The van der Waals surface area contributed by atoms with Gasteiger partial charge in [0.05, 0.1) is 16.3 Å². The Bertz CT molecular complexity index is 712. The number of nitrogens with zero attached hydrogens (tertiary/aromatic N) is 4. The predicted octanol–water partition coefficient (Wildman–Crippen LogP) is 1.13. The van der Waals surface area contributed by atoms with Crippen LogP contribution in [0.4, 0.5) is 0 Å². The van der Waals surface area contributed by atoms with Crippen molar-refractivity contribution in [2.24, 2.45) is 0 Å². The third kappa shape index (κ3) is 1.55. The van der Waals surface area contributed by atoms with E-state index in [1.807, 2.05) is 6.07 Å². The molecule has 1 N–H and O–H groups in total. The van der Waals surface area contributed by atoms with Gasteiger partial charge in [-0.1, -0.05) is 6.92 Å². The van der Waals surface area contributed by atoms with Gasteiger partial charge in [0.1, 0.15) is 6.33 Å². The Hall–Kier alpha value is -2.02. The summed E-state index contributed by atoms with van der Waals surface area (Å²) >= 11 is 1.60. The fourth-order valence-corrected chi connectivity index (χ4v) is 2.58. The third-order valence-corrected chi connectivity index (χ3v) is 3.69. The molecule has 0 aliphatic carbocycles. The summed E-state index contributed by atoms with van der Waals surface area (Å²) in [7, 11) is 0. The molecule has 3 rings (SSSR count). The van der Waals surface area contributed by atoms with Gasteiger partial charge in [-0.15, -0.1) is 11.3 Å². The number of thiophene rings is 1. The highest BCUT2D eigenvalue weighted by Crippen LogP contribution is 2.22. The molecule has 3 aromatic heterocycles. The Morgan fingerprint density at radius 2 is 2.41 bits per heavy atom. The molecule has 0 unspecified atom stereocenters. The minimum Gasteiger partial charge on any atom is -0.267 e. The lowest BCUT2D eigenvalue weighted by Crippen LogP contribution is -2.21. The first-order valence-electron chi connectivity index (χ1n) is 5.16. The topological polar surface area (TPSA) is 76.5 Å². The van der Waals surface area contributed by atoms with E-state index in [0.717, 1.165) is 11.1 Å². The van der Waals surface area contributed by atoms with Crippen molar-refractivity contribution in [2.75, 3.05) is 0 Å². The molecule has 0 amide bonds. The van der Waals surface area contributed by atoms with Crippen LogP contribution < -0.4 is 5.56 Å². The Morgan fingerprint density at radius 1 is 1.53 bits per heavy atom. The van der Waals surface area contributed by atoms with Gasteiger partial charge >= 0.3 is 0 Å². The number of hydrogen-bond acceptors (Lipinski definition) is 5. The average molecular weight is 247 g/mol. The van der Waals surface area contributed by atoms with E-state index < -0.39 is 0 Å². The molecular formula is C10H9N5OS. The molecule has 6 nitrogen and oxygen atoms in total. The summed E-state index contributed by atoms with van der Waals surface area (Å²) < 4.78 is 2.13. The summed E-state index contributed by atoms with van der Waals surface area (Å²) in [6, 6.07) is 1.91. The van der Waals surface area contributed by atoms with E-state index in [2.05, 4.69) is 27.2 Å². The van der Waals surface area contributed by atoms with Gasteiger partial charge in [-0.05, 0) is 12.5 Å². The lowest BCUT2D eigenvalue weighted by atomic mass is 10.3. The van der Waals surface area contributed by atoms with Crippen LogP contribution in [0.15, 0.2) is 23.4 Å². The van der Waals surface area contributed by atoms with Gasteiger partial charge in [-0.3, -0.25) is 4.79 Å². The number of nitrogens with one attached hydrogen (secondary N) is 1. The number of aromatic amines is 1. The molecule has 86 valence electrons. The zero-order valence-electron chi connectivity index (χ0n) is 9.04. The number of hydrogen-bond donors (Lipinski definition) is 1. The first-order valence-corrected chi connectivity index (χ1v) is 5.97. The lowest BCUT2D eigenvalue weighted by Gasteiger charge is -1.97. The van der Waals surface area contributed by atoms with E-state index in [1.165, 1.54) is 15.9 Å². The SMILES string of the molecule is CCc1cc2c(=O)n(-c3ncn[nH]3)ncc2s1. The zero-order valence-corrected chi connectivity index (χ0v) is 9.86. The summed E-state index contributed by atoms with van der Waals surface area (Å²) in [6.45, 7) is 2.06. The van der Waals surface area contributed by atoms with E-state index >= 15 is 0 Å². The maximum absolute atomic E-state index is 12.2. The summed E-state index contributed by atoms with van der Waals surface area (Å²) in [6.07, 6.45) is 3.95. The molecule has 0 aliphatic heterocycles. The highest BCUT2D eigenvalue weighted by molar-refractivity contribution is 7.19. The summed E-state index contributed by atoms with van der Waals surface area (Å²) in [5.41, 5.74) is -0.171. The zero-order chi connectivity index (χ0) is 11.8. The quantitative estimate of drug-likeness (QED) is 0.736. The van der Waals surface area contributed by atoms with Crippen molar-refractivity contribution in [1.29, 1.82) is 0 Å². The molecule has 0 aromatic carbocycles. The van der Waals surface area contributed by atoms with Crippen LogP contribution >= 0.6 is 11.3 Å². The molecule has 3 heterocycles. The number of H-pyrrole nitrogens is 1.